The summed E-state index contributed by atoms with van der Waals surface area (Å²) in [5, 5.41) is 0. The molecule has 1 aliphatic rings. The first-order valence-corrected chi connectivity index (χ1v) is 7.12. The lowest BCUT2D eigenvalue weighted by atomic mass is 10.1. The second-order valence-corrected chi connectivity index (χ2v) is 5.41. The van der Waals surface area contributed by atoms with Gasteiger partial charge < -0.3 is 4.74 Å². The van der Waals surface area contributed by atoms with Crippen molar-refractivity contribution in [1.29, 1.82) is 0 Å². The van der Waals surface area contributed by atoms with Gasteiger partial charge in [-0.2, -0.15) is 8.42 Å². The van der Waals surface area contributed by atoms with Gasteiger partial charge in [0.25, 0.3) is 10.1 Å². The second kappa shape index (κ2) is 6.65. The van der Waals surface area contributed by atoms with Crippen LogP contribution in [-0.2, 0) is 19.6 Å². The van der Waals surface area contributed by atoms with Crippen LogP contribution in [0, 0.1) is 0 Å². The quantitative estimate of drug-likeness (QED) is 0.587. The predicted octanol–water partition coefficient (Wildman–Crippen LogP) is 1.42. The van der Waals surface area contributed by atoms with Crippen molar-refractivity contribution in [3.05, 3.63) is 23.8 Å². The van der Waals surface area contributed by atoms with E-state index in [1.54, 1.807) is 12.2 Å². The molecule has 0 saturated carbocycles. The van der Waals surface area contributed by atoms with Crippen LogP contribution in [0.15, 0.2) is 23.8 Å². The molecule has 1 unspecified atom stereocenters. The van der Waals surface area contributed by atoms with E-state index in [-0.39, 0.29) is 13.0 Å². The normalized spacial score (nSPS) is 17.1. The van der Waals surface area contributed by atoms with Gasteiger partial charge in [0, 0.05) is 6.42 Å². The molecule has 0 radical (unpaired) electrons. The molecule has 0 aromatic heterocycles. The molecule has 0 amide bonds. The van der Waals surface area contributed by atoms with Gasteiger partial charge in [0.1, 0.15) is 11.9 Å². The summed E-state index contributed by atoms with van der Waals surface area (Å²) in [6, 6.07) is 0. The fourth-order valence-electron chi connectivity index (χ4n) is 1.44. The van der Waals surface area contributed by atoms with Crippen molar-refractivity contribution >= 4 is 16.1 Å². The van der Waals surface area contributed by atoms with E-state index in [0.717, 1.165) is 12.8 Å². The van der Waals surface area contributed by atoms with Crippen LogP contribution in [0.5, 0.6) is 0 Å². The van der Waals surface area contributed by atoms with Crippen LogP contribution in [0.1, 0.15) is 19.3 Å². The Hall–Kier alpha value is -1.21. The van der Waals surface area contributed by atoms with Gasteiger partial charge in [-0.25, -0.2) is 9.18 Å². The highest BCUT2D eigenvalue weighted by atomic mass is 32.2. The van der Waals surface area contributed by atoms with Crippen LogP contribution in [0.25, 0.3) is 0 Å². The SMILES string of the molecule is O=C(OCCC(F)CS(=O)(=O)O)C1=CCCC=C1. The maximum absolute atomic E-state index is 13.0. The van der Waals surface area contributed by atoms with Crippen molar-refractivity contribution in [2.45, 2.75) is 25.4 Å². The van der Waals surface area contributed by atoms with Crippen molar-refractivity contribution in [2.24, 2.45) is 0 Å². The number of rotatable bonds is 6. The molecule has 0 fully saturated rings. The molecular formula is C11H15FO5S. The number of allylic oxidation sites excluding steroid dienone is 2. The van der Waals surface area contributed by atoms with Crippen LogP contribution in [0.4, 0.5) is 4.39 Å². The lowest BCUT2D eigenvalue weighted by Gasteiger charge is -2.09. The van der Waals surface area contributed by atoms with Crippen molar-refractivity contribution in [3.63, 3.8) is 0 Å². The number of esters is 1. The Kier molecular flexibility index (Phi) is 5.49. The summed E-state index contributed by atoms with van der Waals surface area (Å²) >= 11 is 0. The summed E-state index contributed by atoms with van der Waals surface area (Å²) in [6.07, 6.45) is 4.83. The molecule has 0 aromatic rings. The summed E-state index contributed by atoms with van der Waals surface area (Å²) in [6.45, 7) is -0.222. The first-order chi connectivity index (χ1) is 8.38. The first-order valence-electron chi connectivity index (χ1n) is 5.51. The Morgan fingerprint density at radius 1 is 1.50 bits per heavy atom. The first kappa shape index (κ1) is 14.8. The maximum Gasteiger partial charge on any atom is 0.337 e. The van der Waals surface area contributed by atoms with E-state index < -0.39 is 28.0 Å². The number of carbonyl (C=O) groups is 1. The minimum Gasteiger partial charge on any atom is -0.462 e. The van der Waals surface area contributed by atoms with Gasteiger partial charge >= 0.3 is 5.97 Å². The van der Waals surface area contributed by atoms with E-state index in [1.807, 2.05) is 6.08 Å². The third-order valence-corrected chi connectivity index (χ3v) is 3.07. The van der Waals surface area contributed by atoms with Gasteiger partial charge in [0.2, 0.25) is 0 Å². The van der Waals surface area contributed by atoms with Gasteiger partial charge in [0.15, 0.2) is 0 Å². The topological polar surface area (TPSA) is 80.7 Å². The van der Waals surface area contributed by atoms with Crippen LogP contribution < -0.4 is 0 Å². The number of carbonyl (C=O) groups excluding carboxylic acids is 1. The minimum absolute atomic E-state index is 0.222. The Morgan fingerprint density at radius 2 is 2.22 bits per heavy atom. The summed E-state index contributed by atoms with van der Waals surface area (Å²) in [4.78, 5) is 11.4. The average molecular weight is 278 g/mol. The van der Waals surface area contributed by atoms with Crippen LogP contribution in [0.2, 0.25) is 0 Å². The molecule has 5 nitrogen and oxygen atoms in total. The van der Waals surface area contributed by atoms with Crippen molar-refractivity contribution in [3.8, 4) is 0 Å². The fraction of sp³-hybridized carbons (Fsp3) is 0.545. The largest absolute Gasteiger partial charge is 0.462 e. The number of halogens is 1. The third-order valence-electron chi connectivity index (χ3n) is 2.29. The Balaban J connectivity index is 2.27. The summed E-state index contributed by atoms with van der Waals surface area (Å²) in [5.74, 6) is -1.53. The Bertz CT molecular complexity index is 452. The van der Waals surface area contributed by atoms with E-state index in [2.05, 4.69) is 0 Å². The fourth-order valence-corrected chi connectivity index (χ4v) is 2.06. The highest BCUT2D eigenvalue weighted by molar-refractivity contribution is 7.85. The average Bonchev–Trinajstić information content (AvgIpc) is 2.27. The molecule has 0 spiro atoms. The van der Waals surface area contributed by atoms with E-state index in [9.17, 15) is 17.6 Å². The van der Waals surface area contributed by atoms with E-state index in [1.165, 1.54) is 0 Å². The van der Waals surface area contributed by atoms with Crippen molar-refractivity contribution in [1.82, 2.24) is 0 Å². The molecule has 0 saturated heterocycles. The Morgan fingerprint density at radius 3 is 2.78 bits per heavy atom. The molecule has 0 aliphatic heterocycles. The number of ether oxygens (including phenoxy) is 1. The molecule has 0 bridgehead atoms. The van der Waals surface area contributed by atoms with Crippen molar-refractivity contribution < 1.29 is 26.9 Å². The molecule has 1 atom stereocenters. The molecular weight excluding hydrogens is 263 g/mol. The molecule has 1 rings (SSSR count). The van der Waals surface area contributed by atoms with Gasteiger partial charge in [-0.15, -0.1) is 0 Å². The highest BCUT2D eigenvalue weighted by Gasteiger charge is 2.17. The molecule has 1 aliphatic carbocycles. The lowest BCUT2D eigenvalue weighted by Crippen LogP contribution is -2.19. The summed E-state index contributed by atoms with van der Waals surface area (Å²) in [7, 11) is -4.33. The Labute approximate surface area is 105 Å². The number of hydrogen-bond acceptors (Lipinski definition) is 4. The van der Waals surface area contributed by atoms with E-state index >= 15 is 0 Å². The second-order valence-electron chi connectivity index (χ2n) is 3.91. The van der Waals surface area contributed by atoms with E-state index in [0.29, 0.717) is 5.57 Å². The van der Waals surface area contributed by atoms with Crippen LogP contribution in [0.3, 0.4) is 0 Å². The van der Waals surface area contributed by atoms with Crippen molar-refractivity contribution in [2.75, 3.05) is 12.4 Å². The zero-order valence-electron chi connectivity index (χ0n) is 9.71. The van der Waals surface area contributed by atoms with Gasteiger partial charge in [-0.3, -0.25) is 4.55 Å². The molecule has 18 heavy (non-hydrogen) atoms. The standard InChI is InChI=1S/C11H15FO5S/c12-10(8-18(14,15)16)6-7-17-11(13)9-4-2-1-3-5-9/h2,4-5,10H,1,3,6-8H2,(H,14,15,16). The molecule has 1 N–H and O–H groups in total. The van der Waals surface area contributed by atoms with Crippen LogP contribution in [-0.4, -0.2) is 37.5 Å². The third kappa shape index (κ3) is 5.92. The van der Waals surface area contributed by atoms with Crippen LogP contribution >= 0.6 is 0 Å². The molecule has 0 aromatic carbocycles. The van der Waals surface area contributed by atoms with Gasteiger partial charge in [-0.05, 0) is 12.8 Å². The van der Waals surface area contributed by atoms with Gasteiger partial charge in [-0.1, -0.05) is 18.2 Å². The van der Waals surface area contributed by atoms with Gasteiger partial charge in [0.05, 0.1) is 12.2 Å². The maximum atomic E-state index is 13.0. The summed E-state index contributed by atoms with van der Waals surface area (Å²) < 4.78 is 47.0. The smallest absolute Gasteiger partial charge is 0.337 e. The predicted molar refractivity (Wildman–Crippen MR) is 63.3 cm³/mol. The minimum atomic E-state index is -4.33. The zero-order chi connectivity index (χ0) is 13.6. The molecule has 0 heterocycles. The zero-order valence-corrected chi connectivity index (χ0v) is 10.5. The molecule has 102 valence electrons. The molecule has 7 heteroatoms. The number of alkyl halides is 1. The monoisotopic (exact) mass is 278 g/mol. The van der Waals surface area contributed by atoms with E-state index in [4.69, 9.17) is 9.29 Å². The lowest BCUT2D eigenvalue weighted by molar-refractivity contribution is -0.139. The number of hydrogen-bond donors (Lipinski definition) is 1. The highest BCUT2D eigenvalue weighted by Crippen LogP contribution is 2.11. The summed E-state index contributed by atoms with van der Waals surface area (Å²) in [5.41, 5.74) is 0.423.